The SMILES string of the molecule is CCC=CC(=CCC#N)CC. The van der Waals surface area contributed by atoms with Gasteiger partial charge in [0.15, 0.2) is 0 Å². The maximum atomic E-state index is 8.32. The number of hydrogen-bond acceptors (Lipinski definition) is 1. The van der Waals surface area contributed by atoms with Gasteiger partial charge in [-0.3, -0.25) is 0 Å². The molecule has 0 fully saturated rings. The second kappa shape index (κ2) is 7.08. The van der Waals surface area contributed by atoms with Gasteiger partial charge in [0.05, 0.1) is 12.5 Å². The van der Waals surface area contributed by atoms with Crippen molar-refractivity contribution in [2.24, 2.45) is 0 Å². The Morgan fingerprint density at radius 3 is 2.64 bits per heavy atom. The first-order valence-corrected chi connectivity index (χ1v) is 4.07. The smallest absolute Gasteiger partial charge is 0.0663 e. The molecular formula is C10H15N. The average Bonchev–Trinajstić information content (AvgIpc) is 2.05. The molecule has 0 N–H and O–H groups in total. The highest BCUT2D eigenvalue weighted by molar-refractivity contribution is 5.19. The lowest BCUT2D eigenvalue weighted by molar-refractivity contribution is 1.11. The minimum Gasteiger partial charge on any atom is -0.198 e. The summed E-state index contributed by atoms with van der Waals surface area (Å²) < 4.78 is 0. The summed E-state index contributed by atoms with van der Waals surface area (Å²) in [4.78, 5) is 0. The van der Waals surface area contributed by atoms with E-state index < -0.39 is 0 Å². The molecule has 0 aliphatic rings. The van der Waals surface area contributed by atoms with E-state index in [1.54, 1.807) is 0 Å². The van der Waals surface area contributed by atoms with E-state index in [1.807, 2.05) is 6.08 Å². The molecule has 0 amide bonds. The van der Waals surface area contributed by atoms with Crippen molar-refractivity contribution >= 4 is 0 Å². The van der Waals surface area contributed by atoms with Gasteiger partial charge in [-0.2, -0.15) is 5.26 Å². The molecule has 0 bridgehead atoms. The Labute approximate surface area is 69.0 Å². The second-order valence-electron chi connectivity index (χ2n) is 2.31. The maximum Gasteiger partial charge on any atom is 0.0663 e. The zero-order valence-corrected chi connectivity index (χ0v) is 7.30. The second-order valence-corrected chi connectivity index (χ2v) is 2.31. The van der Waals surface area contributed by atoms with Crippen LogP contribution in [0.15, 0.2) is 23.8 Å². The van der Waals surface area contributed by atoms with Crippen LogP contribution in [0.2, 0.25) is 0 Å². The highest BCUT2D eigenvalue weighted by Crippen LogP contribution is 2.04. The van der Waals surface area contributed by atoms with Gasteiger partial charge in [-0.1, -0.05) is 37.6 Å². The third kappa shape index (κ3) is 5.42. The van der Waals surface area contributed by atoms with Crippen molar-refractivity contribution in [2.45, 2.75) is 33.1 Å². The van der Waals surface area contributed by atoms with Crippen LogP contribution in [-0.2, 0) is 0 Å². The summed E-state index contributed by atoms with van der Waals surface area (Å²) in [6.07, 6.45) is 8.79. The Balaban J connectivity index is 3.95. The molecule has 0 radical (unpaired) electrons. The normalized spacial score (nSPS) is 11.9. The van der Waals surface area contributed by atoms with Crippen LogP contribution in [0.1, 0.15) is 33.1 Å². The monoisotopic (exact) mass is 149 g/mol. The first-order chi connectivity index (χ1) is 5.35. The van der Waals surface area contributed by atoms with Gasteiger partial charge in [0, 0.05) is 0 Å². The predicted octanol–water partition coefficient (Wildman–Crippen LogP) is 3.20. The van der Waals surface area contributed by atoms with Gasteiger partial charge in [-0.15, -0.1) is 0 Å². The number of hydrogen-bond donors (Lipinski definition) is 0. The first-order valence-electron chi connectivity index (χ1n) is 4.07. The quantitative estimate of drug-likeness (QED) is 0.563. The summed E-state index contributed by atoms with van der Waals surface area (Å²) in [5, 5.41) is 8.32. The van der Waals surface area contributed by atoms with Gasteiger partial charge >= 0.3 is 0 Å². The molecule has 0 aliphatic heterocycles. The highest BCUT2D eigenvalue weighted by atomic mass is 14.2. The molecule has 0 spiro atoms. The molecule has 0 rings (SSSR count). The molecule has 0 saturated heterocycles. The van der Waals surface area contributed by atoms with Crippen LogP contribution >= 0.6 is 0 Å². The fraction of sp³-hybridized carbons (Fsp3) is 0.500. The number of allylic oxidation sites excluding steroid dienone is 4. The van der Waals surface area contributed by atoms with E-state index in [0.717, 1.165) is 12.8 Å². The van der Waals surface area contributed by atoms with Gasteiger partial charge in [-0.25, -0.2) is 0 Å². The Kier molecular flexibility index (Phi) is 6.42. The summed E-state index contributed by atoms with van der Waals surface area (Å²) in [5.74, 6) is 0. The molecule has 1 nitrogen and oxygen atoms in total. The Bertz CT molecular complexity index is 182. The van der Waals surface area contributed by atoms with E-state index in [9.17, 15) is 0 Å². The van der Waals surface area contributed by atoms with Gasteiger partial charge in [0.25, 0.3) is 0 Å². The van der Waals surface area contributed by atoms with Crippen LogP contribution in [-0.4, -0.2) is 0 Å². The molecule has 1 heteroatoms. The fourth-order valence-electron chi connectivity index (χ4n) is 0.776. The van der Waals surface area contributed by atoms with Crippen molar-refractivity contribution in [2.75, 3.05) is 0 Å². The van der Waals surface area contributed by atoms with Crippen LogP contribution in [0.3, 0.4) is 0 Å². The summed E-state index contributed by atoms with van der Waals surface area (Å²) in [6.45, 7) is 4.21. The zero-order valence-electron chi connectivity index (χ0n) is 7.30. The van der Waals surface area contributed by atoms with Crippen molar-refractivity contribution in [3.05, 3.63) is 23.8 Å². The van der Waals surface area contributed by atoms with Gasteiger partial charge in [0.2, 0.25) is 0 Å². The predicted molar refractivity (Wildman–Crippen MR) is 48.0 cm³/mol. The van der Waals surface area contributed by atoms with E-state index in [1.165, 1.54) is 5.57 Å². The van der Waals surface area contributed by atoms with Gasteiger partial charge in [0.1, 0.15) is 0 Å². The lowest BCUT2D eigenvalue weighted by Gasteiger charge is -1.93. The van der Waals surface area contributed by atoms with Crippen LogP contribution in [0.4, 0.5) is 0 Å². The van der Waals surface area contributed by atoms with E-state index >= 15 is 0 Å². The van der Waals surface area contributed by atoms with Gasteiger partial charge in [-0.05, 0) is 12.8 Å². The summed E-state index contributed by atoms with van der Waals surface area (Å²) in [7, 11) is 0. The Morgan fingerprint density at radius 2 is 2.18 bits per heavy atom. The van der Waals surface area contributed by atoms with Crippen LogP contribution < -0.4 is 0 Å². The fourth-order valence-corrected chi connectivity index (χ4v) is 0.776. The molecule has 0 heterocycles. The van der Waals surface area contributed by atoms with Crippen molar-refractivity contribution in [3.63, 3.8) is 0 Å². The molecule has 0 atom stereocenters. The van der Waals surface area contributed by atoms with E-state index in [0.29, 0.717) is 6.42 Å². The summed E-state index contributed by atoms with van der Waals surface area (Å²) in [6, 6.07) is 2.10. The largest absolute Gasteiger partial charge is 0.198 e. The van der Waals surface area contributed by atoms with Crippen LogP contribution in [0, 0.1) is 11.3 Å². The molecule has 0 aromatic carbocycles. The minimum absolute atomic E-state index is 0.525. The van der Waals surface area contributed by atoms with Crippen molar-refractivity contribution in [3.8, 4) is 6.07 Å². The van der Waals surface area contributed by atoms with Crippen LogP contribution in [0.5, 0.6) is 0 Å². The zero-order chi connectivity index (χ0) is 8.53. The highest BCUT2D eigenvalue weighted by Gasteiger charge is 1.85. The molecular weight excluding hydrogens is 134 g/mol. The van der Waals surface area contributed by atoms with Crippen molar-refractivity contribution in [1.29, 1.82) is 5.26 Å². The molecule has 11 heavy (non-hydrogen) atoms. The number of nitrogens with zero attached hydrogens (tertiary/aromatic N) is 1. The lowest BCUT2D eigenvalue weighted by Crippen LogP contribution is -1.73. The Morgan fingerprint density at radius 1 is 1.45 bits per heavy atom. The summed E-state index contributed by atoms with van der Waals surface area (Å²) in [5.41, 5.74) is 1.26. The van der Waals surface area contributed by atoms with E-state index in [4.69, 9.17) is 5.26 Å². The minimum atomic E-state index is 0.525. The lowest BCUT2D eigenvalue weighted by atomic mass is 10.1. The molecule has 0 aromatic rings. The number of nitriles is 1. The van der Waals surface area contributed by atoms with Gasteiger partial charge < -0.3 is 0 Å². The molecule has 60 valence electrons. The van der Waals surface area contributed by atoms with E-state index in [-0.39, 0.29) is 0 Å². The molecule has 0 saturated carbocycles. The standard InChI is InChI=1S/C10H15N/c1-3-5-7-10(4-2)8-6-9-11/h5,7-8H,3-4,6H2,1-2H3. The van der Waals surface area contributed by atoms with Crippen molar-refractivity contribution < 1.29 is 0 Å². The summed E-state index contributed by atoms with van der Waals surface area (Å²) >= 11 is 0. The number of rotatable bonds is 4. The molecule has 0 aromatic heterocycles. The molecule has 0 unspecified atom stereocenters. The topological polar surface area (TPSA) is 23.8 Å². The Hall–Kier alpha value is -1.03. The third-order valence-electron chi connectivity index (χ3n) is 1.43. The molecule has 0 aliphatic carbocycles. The maximum absolute atomic E-state index is 8.32. The third-order valence-corrected chi connectivity index (χ3v) is 1.43. The van der Waals surface area contributed by atoms with E-state index in [2.05, 4.69) is 32.1 Å². The average molecular weight is 149 g/mol. The first kappa shape index (κ1) is 9.97. The van der Waals surface area contributed by atoms with Crippen molar-refractivity contribution in [1.82, 2.24) is 0 Å². The van der Waals surface area contributed by atoms with Crippen LogP contribution in [0.25, 0.3) is 0 Å².